The van der Waals surface area contributed by atoms with Gasteiger partial charge in [0.15, 0.2) is 5.58 Å². The third-order valence-corrected chi connectivity index (χ3v) is 8.06. The van der Waals surface area contributed by atoms with Crippen molar-refractivity contribution in [3.8, 4) is 17.2 Å². The van der Waals surface area contributed by atoms with Crippen molar-refractivity contribution >= 4 is 17.0 Å². The molecule has 216 valence electrons. The molecule has 0 spiro atoms. The van der Waals surface area contributed by atoms with Crippen LogP contribution in [0.2, 0.25) is 0 Å². The van der Waals surface area contributed by atoms with Crippen LogP contribution in [0.25, 0.3) is 22.2 Å². The van der Waals surface area contributed by atoms with Crippen LogP contribution in [0.5, 0.6) is 0 Å². The second-order valence-electron chi connectivity index (χ2n) is 10.8. The summed E-state index contributed by atoms with van der Waals surface area (Å²) in [5, 5.41) is 15.7. The molecule has 3 aromatic rings. The molecular weight excluding hydrogens is 526 g/mol. The van der Waals surface area contributed by atoms with E-state index < -0.39 is 12.1 Å². The maximum absolute atomic E-state index is 12.8. The van der Waals surface area contributed by atoms with Crippen LogP contribution in [-0.2, 0) is 32.0 Å². The van der Waals surface area contributed by atoms with Gasteiger partial charge in [0.1, 0.15) is 12.1 Å². The smallest absolute Gasteiger partial charge is 0.408 e. The van der Waals surface area contributed by atoms with Crippen molar-refractivity contribution in [2.24, 2.45) is 0 Å². The Morgan fingerprint density at radius 3 is 2.71 bits per heavy atom. The molecule has 1 amide bonds. The van der Waals surface area contributed by atoms with Gasteiger partial charge in [-0.3, -0.25) is 14.3 Å². The van der Waals surface area contributed by atoms with E-state index in [-0.39, 0.29) is 17.7 Å². The first-order valence-corrected chi connectivity index (χ1v) is 14.3. The highest BCUT2D eigenvalue weighted by Gasteiger charge is 2.34. The number of carbonyl (C=O) groups is 1. The maximum atomic E-state index is 12.8. The molecule has 3 atom stereocenters. The highest BCUT2D eigenvalue weighted by atomic mass is 16.5. The summed E-state index contributed by atoms with van der Waals surface area (Å²) < 4.78 is 24.0. The van der Waals surface area contributed by atoms with Gasteiger partial charge < -0.3 is 29.3 Å². The second kappa shape index (κ2) is 12.5. The lowest BCUT2D eigenvalue weighted by Crippen LogP contribution is -2.59. The largest absolute Gasteiger partial charge is 0.420 e. The molecule has 0 bridgehead atoms. The maximum Gasteiger partial charge on any atom is 0.420 e. The Morgan fingerprint density at radius 2 is 1.93 bits per heavy atom. The summed E-state index contributed by atoms with van der Waals surface area (Å²) in [7, 11) is 0. The quantitative estimate of drug-likeness (QED) is 0.418. The summed E-state index contributed by atoms with van der Waals surface area (Å²) in [4.78, 5) is 27.8. The van der Waals surface area contributed by atoms with Gasteiger partial charge >= 0.3 is 5.76 Å². The van der Waals surface area contributed by atoms with E-state index in [1.54, 1.807) is 4.57 Å². The summed E-state index contributed by atoms with van der Waals surface area (Å²) >= 11 is 0. The lowest BCUT2D eigenvalue weighted by molar-refractivity contribution is -0.132. The summed E-state index contributed by atoms with van der Waals surface area (Å²) in [6.07, 6.45) is 0.648. The Bertz CT molecular complexity index is 1450. The zero-order valence-corrected chi connectivity index (χ0v) is 22.9. The van der Waals surface area contributed by atoms with Gasteiger partial charge in [-0.05, 0) is 41.8 Å². The zero-order chi connectivity index (χ0) is 28.2. The van der Waals surface area contributed by atoms with Gasteiger partial charge in [0.05, 0.1) is 50.1 Å². The molecule has 1 aromatic heterocycles. The van der Waals surface area contributed by atoms with Gasteiger partial charge in [-0.2, -0.15) is 5.26 Å². The average Bonchev–Trinajstić information content (AvgIpc) is 3.11. The van der Waals surface area contributed by atoms with Gasteiger partial charge in [-0.1, -0.05) is 30.3 Å². The van der Waals surface area contributed by atoms with Gasteiger partial charge in [0, 0.05) is 32.7 Å². The molecule has 4 heterocycles. The first-order valence-electron chi connectivity index (χ1n) is 14.3. The number of aromatic nitrogens is 1. The van der Waals surface area contributed by atoms with Gasteiger partial charge in [-0.15, -0.1) is 0 Å². The van der Waals surface area contributed by atoms with Crippen LogP contribution in [0, 0.1) is 11.3 Å². The third-order valence-electron chi connectivity index (χ3n) is 8.06. The SMILES string of the molecule is N#C[C@H](Cc1ccc(-c2ccc3oc(=O)n(C[C@@H]4COCCN4C4COC4)c3c2)cc1)NC(=O)[C@@H]1CNCCCO1. The van der Waals surface area contributed by atoms with E-state index in [1.807, 2.05) is 42.5 Å². The molecule has 11 heteroatoms. The fraction of sp³-hybridized carbons (Fsp3) is 0.500. The Morgan fingerprint density at radius 1 is 1.10 bits per heavy atom. The van der Waals surface area contributed by atoms with Gasteiger partial charge in [0.25, 0.3) is 5.91 Å². The van der Waals surface area contributed by atoms with E-state index in [4.69, 9.17) is 18.6 Å². The highest BCUT2D eigenvalue weighted by Crippen LogP contribution is 2.26. The Hall–Kier alpha value is -3.53. The number of benzene rings is 2. The molecule has 2 N–H and O–H groups in total. The number of ether oxygens (including phenoxy) is 3. The predicted molar refractivity (Wildman–Crippen MR) is 150 cm³/mol. The number of rotatable bonds is 8. The van der Waals surface area contributed by atoms with Crippen molar-refractivity contribution in [3.63, 3.8) is 0 Å². The van der Waals surface area contributed by atoms with Crippen molar-refractivity contribution in [3.05, 3.63) is 58.6 Å². The van der Waals surface area contributed by atoms with Crippen LogP contribution in [-0.4, -0.2) is 92.3 Å². The minimum absolute atomic E-state index is 0.0676. The molecule has 41 heavy (non-hydrogen) atoms. The van der Waals surface area contributed by atoms with Crippen molar-refractivity contribution in [1.29, 1.82) is 5.26 Å². The van der Waals surface area contributed by atoms with E-state index >= 15 is 0 Å². The van der Waals surface area contributed by atoms with Crippen molar-refractivity contribution in [2.45, 2.75) is 43.6 Å². The molecule has 0 unspecified atom stereocenters. The fourth-order valence-electron chi connectivity index (χ4n) is 5.69. The number of oxazole rings is 1. The average molecular weight is 562 g/mol. The van der Waals surface area contributed by atoms with E-state index in [0.29, 0.717) is 64.2 Å². The number of amides is 1. The molecular formula is C30H35N5O6. The monoisotopic (exact) mass is 561 g/mol. The summed E-state index contributed by atoms with van der Waals surface area (Å²) in [6.45, 7) is 5.75. The Kier molecular flexibility index (Phi) is 8.46. The second-order valence-corrected chi connectivity index (χ2v) is 10.8. The molecule has 11 nitrogen and oxygen atoms in total. The minimum atomic E-state index is -0.660. The molecule has 0 radical (unpaired) electrons. The summed E-state index contributed by atoms with van der Waals surface area (Å²) in [6, 6.07) is 15.6. The number of nitrogens with zero attached hydrogens (tertiary/aromatic N) is 3. The van der Waals surface area contributed by atoms with Crippen LogP contribution < -0.4 is 16.4 Å². The third kappa shape index (κ3) is 6.22. The Labute approximate surface area is 237 Å². The lowest BCUT2D eigenvalue weighted by atomic mass is 10.0. The van der Waals surface area contributed by atoms with E-state index in [9.17, 15) is 14.9 Å². The number of nitrogens with one attached hydrogen (secondary N) is 2. The Balaban J connectivity index is 1.15. The van der Waals surface area contributed by atoms with Crippen LogP contribution >= 0.6 is 0 Å². The number of nitriles is 1. The van der Waals surface area contributed by atoms with Gasteiger partial charge in [0.2, 0.25) is 0 Å². The number of carbonyl (C=O) groups excluding carboxylic acids is 1. The van der Waals surface area contributed by atoms with E-state index in [1.165, 1.54) is 0 Å². The standard InChI is InChI=1S/C30H35N5O6/c31-14-23(33-29(36)28-15-32-8-1-10-40-28)12-20-2-4-21(5-3-20)22-6-7-27-26(13-22)35(30(37)41-27)16-24-17-38-11-9-34(24)25-18-39-19-25/h2-7,13,23-25,28,32H,1,8-12,15-19H2,(H,33,36)/t23-,24+,28-/m0/s1. The van der Waals surface area contributed by atoms with E-state index in [0.717, 1.165) is 41.7 Å². The minimum Gasteiger partial charge on any atom is -0.408 e. The lowest BCUT2D eigenvalue weighted by Gasteiger charge is -2.44. The van der Waals surface area contributed by atoms with Crippen LogP contribution in [0.15, 0.2) is 51.7 Å². The first-order chi connectivity index (χ1) is 20.1. The van der Waals surface area contributed by atoms with Crippen LogP contribution in [0.1, 0.15) is 12.0 Å². The van der Waals surface area contributed by atoms with Crippen LogP contribution in [0.3, 0.4) is 0 Å². The van der Waals surface area contributed by atoms with Gasteiger partial charge in [-0.25, -0.2) is 4.79 Å². The van der Waals surface area contributed by atoms with Crippen molar-refractivity contribution in [2.75, 3.05) is 52.7 Å². The zero-order valence-electron chi connectivity index (χ0n) is 22.9. The molecule has 2 aromatic carbocycles. The fourth-order valence-corrected chi connectivity index (χ4v) is 5.69. The predicted octanol–water partition coefficient (Wildman–Crippen LogP) is 1.29. The van der Waals surface area contributed by atoms with Crippen LogP contribution in [0.4, 0.5) is 0 Å². The number of hydrogen-bond donors (Lipinski definition) is 2. The van der Waals surface area contributed by atoms with Crippen molar-refractivity contribution in [1.82, 2.24) is 20.1 Å². The number of morpholine rings is 1. The summed E-state index contributed by atoms with van der Waals surface area (Å²) in [5.74, 6) is -0.650. The van der Waals surface area contributed by atoms with E-state index in [2.05, 4.69) is 21.6 Å². The van der Waals surface area contributed by atoms with Crippen molar-refractivity contribution < 1.29 is 23.4 Å². The molecule has 3 saturated heterocycles. The molecule has 0 aliphatic carbocycles. The first kappa shape index (κ1) is 27.6. The molecule has 3 aliphatic rings. The normalized spacial score (nSPS) is 22.9. The topological polar surface area (TPSA) is 131 Å². The highest BCUT2D eigenvalue weighted by molar-refractivity contribution is 5.82. The summed E-state index contributed by atoms with van der Waals surface area (Å²) in [5.41, 5.74) is 4.14. The molecule has 0 saturated carbocycles. The number of fused-ring (bicyclic) bond motifs is 1. The molecule has 3 aliphatic heterocycles. The molecule has 3 fully saturated rings. The number of hydrogen-bond acceptors (Lipinski definition) is 9. The molecule has 6 rings (SSSR count).